The summed E-state index contributed by atoms with van der Waals surface area (Å²) < 4.78 is 0. The Labute approximate surface area is 120 Å². The molecule has 3 N–H and O–H groups in total. The SMILES string of the molecule is CCCC1(C(=O)NCc2ccc(CO)cc2)CCNC1. The molecule has 0 bridgehead atoms. The van der Waals surface area contributed by atoms with Gasteiger partial charge in [-0.15, -0.1) is 0 Å². The topological polar surface area (TPSA) is 61.4 Å². The molecule has 1 aliphatic heterocycles. The number of aliphatic hydroxyl groups is 1. The minimum atomic E-state index is -0.222. The molecule has 4 heteroatoms. The van der Waals surface area contributed by atoms with Gasteiger partial charge in [-0.25, -0.2) is 0 Å². The second kappa shape index (κ2) is 6.86. The zero-order valence-electron chi connectivity index (χ0n) is 12.1. The maximum Gasteiger partial charge on any atom is 0.227 e. The molecule has 1 aromatic rings. The molecule has 1 fully saturated rings. The zero-order chi connectivity index (χ0) is 14.4. The van der Waals surface area contributed by atoms with Gasteiger partial charge in [0.1, 0.15) is 0 Å². The summed E-state index contributed by atoms with van der Waals surface area (Å²) in [6.45, 7) is 4.45. The van der Waals surface area contributed by atoms with Crippen molar-refractivity contribution in [2.45, 2.75) is 39.3 Å². The lowest BCUT2D eigenvalue weighted by Crippen LogP contribution is -2.42. The van der Waals surface area contributed by atoms with Crippen molar-refractivity contribution in [3.05, 3.63) is 35.4 Å². The Morgan fingerprint density at radius 3 is 2.60 bits per heavy atom. The number of nitrogens with one attached hydrogen (secondary N) is 2. The van der Waals surface area contributed by atoms with Crippen molar-refractivity contribution in [2.24, 2.45) is 5.41 Å². The van der Waals surface area contributed by atoms with Crippen LogP contribution in [0.2, 0.25) is 0 Å². The number of carbonyl (C=O) groups excluding carboxylic acids is 1. The number of hydrogen-bond donors (Lipinski definition) is 3. The standard InChI is InChI=1S/C16H24N2O2/c1-2-7-16(8-9-17-12-16)15(20)18-10-13-3-5-14(11-19)6-4-13/h3-6,17,19H,2,7-12H2,1H3,(H,18,20). The quantitative estimate of drug-likeness (QED) is 0.739. The van der Waals surface area contributed by atoms with Gasteiger partial charge in [0, 0.05) is 13.1 Å². The minimum absolute atomic E-state index is 0.0535. The number of rotatable bonds is 6. The van der Waals surface area contributed by atoms with Gasteiger partial charge in [-0.3, -0.25) is 4.79 Å². The lowest BCUT2D eigenvalue weighted by molar-refractivity contribution is -0.130. The van der Waals surface area contributed by atoms with Crippen LogP contribution < -0.4 is 10.6 Å². The Morgan fingerprint density at radius 1 is 1.35 bits per heavy atom. The molecule has 110 valence electrons. The first-order valence-electron chi connectivity index (χ1n) is 7.38. The Morgan fingerprint density at radius 2 is 2.05 bits per heavy atom. The van der Waals surface area contributed by atoms with Crippen molar-refractivity contribution in [1.82, 2.24) is 10.6 Å². The lowest BCUT2D eigenvalue weighted by Gasteiger charge is -2.26. The number of hydrogen-bond acceptors (Lipinski definition) is 3. The highest BCUT2D eigenvalue weighted by Gasteiger charge is 2.39. The second-order valence-corrected chi connectivity index (χ2v) is 5.61. The summed E-state index contributed by atoms with van der Waals surface area (Å²) in [4.78, 5) is 12.5. The predicted octanol–water partition coefficient (Wildman–Crippen LogP) is 1.57. The molecule has 0 spiro atoms. The average Bonchev–Trinajstić information content (AvgIpc) is 2.95. The highest BCUT2D eigenvalue weighted by molar-refractivity contribution is 5.83. The van der Waals surface area contributed by atoms with Crippen LogP contribution >= 0.6 is 0 Å². The molecule has 1 amide bonds. The largest absolute Gasteiger partial charge is 0.392 e. The summed E-state index contributed by atoms with van der Waals surface area (Å²) in [6.07, 6.45) is 2.89. The van der Waals surface area contributed by atoms with Gasteiger partial charge in [0.2, 0.25) is 5.91 Å². The molecule has 1 unspecified atom stereocenters. The molecule has 1 saturated heterocycles. The van der Waals surface area contributed by atoms with Crippen molar-refractivity contribution < 1.29 is 9.90 Å². The van der Waals surface area contributed by atoms with Crippen LogP contribution in [0.1, 0.15) is 37.3 Å². The van der Waals surface area contributed by atoms with Crippen molar-refractivity contribution in [2.75, 3.05) is 13.1 Å². The van der Waals surface area contributed by atoms with Crippen LogP contribution in [0.5, 0.6) is 0 Å². The molecule has 0 aliphatic carbocycles. The third-order valence-electron chi connectivity index (χ3n) is 4.11. The molecule has 1 aliphatic rings. The molecular weight excluding hydrogens is 252 g/mol. The molecule has 1 atom stereocenters. The predicted molar refractivity (Wildman–Crippen MR) is 79.0 cm³/mol. The summed E-state index contributed by atoms with van der Waals surface area (Å²) in [7, 11) is 0. The Hall–Kier alpha value is -1.39. The van der Waals surface area contributed by atoms with Crippen LogP contribution in [0.4, 0.5) is 0 Å². The summed E-state index contributed by atoms with van der Waals surface area (Å²) in [5.74, 6) is 0.163. The first-order valence-corrected chi connectivity index (χ1v) is 7.38. The maximum absolute atomic E-state index is 12.5. The molecule has 1 heterocycles. The molecular formula is C16H24N2O2. The van der Waals surface area contributed by atoms with Gasteiger partial charge in [-0.05, 0) is 30.5 Å². The van der Waals surface area contributed by atoms with E-state index in [1.54, 1.807) is 0 Å². The smallest absolute Gasteiger partial charge is 0.227 e. The van der Waals surface area contributed by atoms with E-state index >= 15 is 0 Å². The van der Waals surface area contributed by atoms with Crippen LogP contribution in [-0.2, 0) is 17.9 Å². The van der Waals surface area contributed by atoms with Gasteiger partial charge in [-0.1, -0.05) is 37.6 Å². The van der Waals surface area contributed by atoms with Crippen LogP contribution in [0.15, 0.2) is 24.3 Å². The highest BCUT2D eigenvalue weighted by atomic mass is 16.3. The Bertz CT molecular complexity index is 436. The van der Waals surface area contributed by atoms with Gasteiger partial charge in [-0.2, -0.15) is 0 Å². The zero-order valence-corrected chi connectivity index (χ0v) is 12.1. The van der Waals surface area contributed by atoms with Crippen molar-refractivity contribution in [3.63, 3.8) is 0 Å². The second-order valence-electron chi connectivity index (χ2n) is 5.61. The van der Waals surface area contributed by atoms with Gasteiger partial charge in [0.15, 0.2) is 0 Å². The molecule has 20 heavy (non-hydrogen) atoms. The number of amides is 1. The number of benzene rings is 1. The van der Waals surface area contributed by atoms with E-state index in [9.17, 15) is 4.79 Å². The first kappa shape index (κ1) is 15.0. The van der Waals surface area contributed by atoms with Gasteiger partial charge < -0.3 is 15.7 Å². The fourth-order valence-corrected chi connectivity index (χ4v) is 2.88. The fraction of sp³-hybridized carbons (Fsp3) is 0.562. The average molecular weight is 276 g/mol. The van der Waals surface area contributed by atoms with Crippen LogP contribution in [0.25, 0.3) is 0 Å². The molecule has 0 saturated carbocycles. The van der Waals surface area contributed by atoms with E-state index in [-0.39, 0.29) is 17.9 Å². The molecule has 1 aromatic carbocycles. The van der Waals surface area contributed by atoms with Crippen molar-refractivity contribution >= 4 is 5.91 Å². The van der Waals surface area contributed by atoms with Gasteiger partial charge >= 0.3 is 0 Å². The van der Waals surface area contributed by atoms with Crippen molar-refractivity contribution in [3.8, 4) is 0 Å². The lowest BCUT2D eigenvalue weighted by atomic mass is 9.81. The monoisotopic (exact) mass is 276 g/mol. The summed E-state index contributed by atoms with van der Waals surface area (Å²) >= 11 is 0. The number of aliphatic hydroxyl groups excluding tert-OH is 1. The van der Waals surface area contributed by atoms with Crippen LogP contribution in [0, 0.1) is 5.41 Å². The summed E-state index contributed by atoms with van der Waals surface area (Å²) in [6, 6.07) is 7.68. The third-order valence-corrected chi connectivity index (χ3v) is 4.11. The summed E-state index contributed by atoms with van der Waals surface area (Å²) in [5.41, 5.74) is 1.73. The maximum atomic E-state index is 12.5. The third kappa shape index (κ3) is 3.38. The molecule has 0 aromatic heterocycles. The van der Waals surface area contributed by atoms with Crippen molar-refractivity contribution in [1.29, 1.82) is 0 Å². The number of carbonyl (C=O) groups is 1. The summed E-state index contributed by atoms with van der Waals surface area (Å²) in [5, 5.41) is 15.4. The van der Waals surface area contributed by atoms with Gasteiger partial charge in [0.25, 0.3) is 0 Å². The van der Waals surface area contributed by atoms with Crippen LogP contribution in [0.3, 0.4) is 0 Å². The van der Waals surface area contributed by atoms with E-state index in [0.29, 0.717) is 6.54 Å². The molecule has 2 rings (SSSR count). The van der Waals surface area contributed by atoms with Crippen LogP contribution in [-0.4, -0.2) is 24.1 Å². The highest BCUT2D eigenvalue weighted by Crippen LogP contribution is 2.31. The van der Waals surface area contributed by atoms with E-state index in [2.05, 4.69) is 17.6 Å². The molecule has 0 radical (unpaired) electrons. The normalized spacial score (nSPS) is 21.9. The van der Waals surface area contributed by atoms with E-state index in [1.165, 1.54) is 0 Å². The van der Waals surface area contributed by atoms with E-state index < -0.39 is 0 Å². The van der Waals surface area contributed by atoms with E-state index in [4.69, 9.17) is 5.11 Å². The first-order chi connectivity index (χ1) is 9.70. The Balaban J connectivity index is 1.93. The molecule has 4 nitrogen and oxygen atoms in total. The fourth-order valence-electron chi connectivity index (χ4n) is 2.88. The Kier molecular flexibility index (Phi) is 5.15. The minimum Gasteiger partial charge on any atom is -0.392 e. The van der Waals surface area contributed by atoms with E-state index in [0.717, 1.165) is 43.5 Å². The van der Waals surface area contributed by atoms with E-state index in [1.807, 2.05) is 24.3 Å². The van der Waals surface area contributed by atoms with Gasteiger partial charge in [0.05, 0.1) is 12.0 Å².